The van der Waals surface area contributed by atoms with Crippen LogP contribution in [-0.4, -0.2) is 45.1 Å². The third-order valence-electron chi connectivity index (χ3n) is 7.48. The number of aliphatic hydroxyl groups is 1. The summed E-state index contributed by atoms with van der Waals surface area (Å²) in [5.74, 6) is 1.83. The molecule has 1 aliphatic heterocycles. The van der Waals surface area contributed by atoms with Crippen molar-refractivity contribution in [2.75, 3.05) is 13.1 Å². The maximum Gasteiger partial charge on any atom is 0.253 e. The van der Waals surface area contributed by atoms with Gasteiger partial charge in [-0.2, -0.15) is 0 Å². The molecule has 1 N–H and O–H groups in total. The summed E-state index contributed by atoms with van der Waals surface area (Å²) in [5.41, 5.74) is 3.32. The van der Waals surface area contributed by atoms with E-state index in [1.807, 2.05) is 59.5 Å². The van der Waals surface area contributed by atoms with Gasteiger partial charge in [-0.1, -0.05) is 25.0 Å². The molecule has 1 aliphatic carbocycles. The number of ether oxygens (including phenoxy) is 1. The number of thiazole rings is 1. The van der Waals surface area contributed by atoms with Gasteiger partial charge in [0.15, 0.2) is 0 Å². The highest BCUT2D eigenvalue weighted by Gasteiger charge is 2.24. The molecule has 190 valence electrons. The first kappa shape index (κ1) is 24.1. The van der Waals surface area contributed by atoms with Crippen LogP contribution in [-0.2, 0) is 6.42 Å². The Bertz CT molecular complexity index is 1410. The summed E-state index contributed by atoms with van der Waals surface area (Å²) in [6.07, 6.45) is 8.80. The van der Waals surface area contributed by atoms with Crippen LogP contribution in [0.15, 0.2) is 60.8 Å². The highest BCUT2D eigenvalue weighted by molar-refractivity contribution is 7.18. The molecule has 2 aromatic heterocycles. The predicted octanol–water partition coefficient (Wildman–Crippen LogP) is 6.48. The fourth-order valence-electron chi connectivity index (χ4n) is 5.44. The summed E-state index contributed by atoms with van der Waals surface area (Å²) in [4.78, 5) is 24.1. The van der Waals surface area contributed by atoms with Crippen molar-refractivity contribution in [1.82, 2.24) is 14.9 Å². The number of hydrogen-bond acceptors (Lipinski definition) is 6. The number of carbonyl (C=O) groups is 1. The van der Waals surface area contributed by atoms with Crippen molar-refractivity contribution in [3.05, 3.63) is 71.4 Å². The number of likely N-dealkylation sites (tertiary alicyclic amines) is 1. The number of hydrogen-bond donors (Lipinski definition) is 1. The molecule has 6 rings (SSSR count). The Hall–Kier alpha value is -3.29. The summed E-state index contributed by atoms with van der Waals surface area (Å²) in [5, 5.41) is 11.4. The van der Waals surface area contributed by atoms with Crippen molar-refractivity contribution in [1.29, 1.82) is 0 Å². The number of fused-ring (bicyclic) bond motifs is 1. The summed E-state index contributed by atoms with van der Waals surface area (Å²) >= 11 is 1.68. The number of benzene rings is 2. The van der Waals surface area contributed by atoms with Crippen molar-refractivity contribution in [2.45, 2.75) is 51.0 Å². The van der Waals surface area contributed by atoms with E-state index in [1.165, 1.54) is 6.42 Å². The Kier molecular flexibility index (Phi) is 6.89. The molecule has 0 spiro atoms. The first-order valence-corrected chi connectivity index (χ1v) is 14.1. The molecule has 0 radical (unpaired) electrons. The minimum absolute atomic E-state index is 0.0852. The average molecular weight is 514 g/mol. The molecule has 7 heteroatoms. The number of pyridine rings is 1. The van der Waals surface area contributed by atoms with Crippen LogP contribution in [0.25, 0.3) is 21.5 Å². The van der Waals surface area contributed by atoms with Crippen LogP contribution in [0, 0.1) is 5.92 Å². The molecule has 2 aliphatic rings. The molecular formula is C30H31N3O3S. The Morgan fingerprint density at radius 3 is 2.70 bits per heavy atom. The second-order valence-electron chi connectivity index (χ2n) is 10.1. The highest BCUT2D eigenvalue weighted by Crippen LogP contribution is 2.34. The maximum atomic E-state index is 12.8. The molecule has 2 aromatic carbocycles. The van der Waals surface area contributed by atoms with Gasteiger partial charge in [-0.3, -0.25) is 9.78 Å². The minimum atomic E-state index is -0.209. The second-order valence-corrected chi connectivity index (χ2v) is 11.2. The van der Waals surface area contributed by atoms with Crippen molar-refractivity contribution in [3.8, 4) is 22.8 Å². The smallest absolute Gasteiger partial charge is 0.253 e. The van der Waals surface area contributed by atoms with E-state index in [1.54, 1.807) is 17.5 Å². The number of carbonyl (C=O) groups excluding carboxylic acids is 1. The van der Waals surface area contributed by atoms with Crippen LogP contribution in [0.4, 0.5) is 0 Å². The predicted molar refractivity (Wildman–Crippen MR) is 146 cm³/mol. The van der Waals surface area contributed by atoms with E-state index >= 15 is 0 Å². The van der Waals surface area contributed by atoms with E-state index in [9.17, 15) is 9.90 Å². The zero-order valence-electron chi connectivity index (χ0n) is 20.8. The highest BCUT2D eigenvalue weighted by atomic mass is 32.1. The molecule has 6 nitrogen and oxygen atoms in total. The van der Waals surface area contributed by atoms with Crippen molar-refractivity contribution >= 4 is 27.5 Å². The zero-order valence-corrected chi connectivity index (χ0v) is 21.6. The van der Waals surface area contributed by atoms with E-state index in [0.717, 1.165) is 83.8 Å². The van der Waals surface area contributed by atoms with E-state index < -0.39 is 0 Å². The lowest BCUT2D eigenvalue weighted by molar-refractivity contribution is 0.0700. The number of aromatic nitrogens is 2. The molecule has 0 unspecified atom stereocenters. The molecule has 1 saturated carbocycles. The van der Waals surface area contributed by atoms with E-state index in [-0.39, 0.29) is 12.0 Å². The van der Waals surface area contributed by atoms with Crippen LogP contribution in [0.1, 0.15) is 53.9 Å². The molecule has 2 atom stereocenters. The lowest BCUT2D eigenvalue weighted by atomic mass is 9.84. The third kappa shape index (κ3) is 5.38. The average Bonchev–Trinajstić information content (AvgIpc) is 3.60. The Balaban J connectivity index is 1.18. The molecular weight excluding hydrogens is 482 g/mol. The van der Waals surface area contributed by atoms with Gasteiger partial charge in [-0.15, -0.1) is 11.3 Å². The topological polar surface area (TPSA) is 75.5 Å². The van der Waals surface area contributed by atoms with Crippen LogP contribution in [0.3, 0.4) is 0 Å². The summed E-state index contributed by atoms with van der Waals surface area (Å²) < 4.78 is 7.29. The summed E-state index contributed by atoms with van der Waals surface area (Å²) in [6.45, 7) is 1.66. The Morgan fingerprint density at radius 1 is 1.00 bits per heavy atom. The van der Waals surface area contributed by atoms with Gasteiger partial charge in [-0.25, -0.2) is 4.98 Å². The van der Waals surface area contributed by atoms with Gasteiger partial charge in [0.05, 0.1) is 27.0 Å². The SMILES string of the molecule is O=C(c1cccc(-c2cc(Oc3ccc4nc(C[C@@H]5CCCC[C@H]5O)sc4c3)ccn2)c1)N1CCCC1. The quantitative estimate of drug-likeness (QED) is 0.319. The van der Waals surface area contributed by atoms with Gasteiger partial charge in [0, 0.05) is 49.0 Å². The number of nitrogens with zero attached hydrogens (tertiary/aromatic N) is 3. The molecule has 2 fully saturated rings. The van der Waals surface area contributed by atoms with Crippen molar-refractivity contribution in [2.24, 2.45) is 5.92 Å². The number of aliphatic hydroxyl groups excluding tert-OH is 1. The van der Waals surface area contributed by atoms with Gasteiger partial charge in [0.1, 0.15) is 11.5 Å². The maximum absolute atomic E-state index is 12.8. The fraction of sp³-hybridized carbons (Fsp3) is 0.367. The molecule has 1 amide bonds. The van der Waals surface area contributed by atoms with Gasteiger partial charge in [-0.05, 0) is 61.9 Å². The lowest BCUT2D eigenvalue weighted by Gasteiger charge is -2.26. The Morgan fingerprint density at radius 2 is 1.84 bits per heavy atom. The molecule has 37 heavy (non-hydrogen) atoms. The Labute approximate surface area is 221 Å². The summed E-state index contributed by atoms with van der Waals surface area (Å²) in [7, 11) is 0. The van der Waals surface area contributed by atoms with E-state index in [2.05, 4.69) is 4.98 Å². The summed E-state index contributed by atoms with van der Waals surface area (Å²) in [6, 6.07) is 17.4. The third-order valence-corrected chi connectivity index (χ3v) is 8.52. The first-order valence-electron chi connectivity index (χ1n) is 13.2. The standard InChI is InChI=1S/C30H31N3O3S/c34-27-9-2-1-6-21(27)17-29-32-25-11-10-23(19-28(25)37-29)36-24-12-13-31-26(18-24)20-7-5-8-22(16-20)30(35)33-14-3-4-15-33/h5,7-8,10-13,16,18-19,21,27,34H,1-4,6,9,14-15,17H2/t21-,27+/m0/s1. The molecule has 1 saturated heterocycles. The first-order chi connectivity index (χ1) is 18.1. The van der Waals surface area contributed by atoms with Crippen LogP contribution < -0.4 is 4.74 Å². The number of rotatable bonds is 6. The largest absolute Gasteiger partial charge is 0.457 e. The van der Waals surface area contributed by atoms with E-state index in [0.29, 0.717) is 17.2 Å². The number of amides is 1. The molecule has 3 heterocycles. The van der Waals surface area contributed by atoms with Gasteiger partial charge < -0.3 is 14.7 Å². The minimum Gasteiger partial charge on any atom is -0.457 e. The molecule has 4 aromatic rings. The van der Waals surface area contributed by atoms with Crippen LogP contribution in [0.2, 0.25) is 0 Å². The molecule has 0 bridgehead atoms. The van der Waals surface area contributed by atoms with Crippen LogP contribution in [0.5, 0.6) is 11.5 Å². The lowest BCUT2D eigenvalue weighted by Crippen LogP contribution is -2.27. The monoisotopic (exact) mass is 513 g/mol. The van der Waals surface area contributed by atoms with Gasteiger partial charge in [0.25, 0.3) is 5.91 Å². The van der Waals surface area contributed by atoms with Crippen molar-refractivity contribution in [3.63, 3.8) is 0 Å². The van der Waals surface area contributed by atoms with Gasteiger partial charge >= 0.3 is 0 Å². The van der Waals surface area contributed by atoms with Crippen LogP contribution >= 0.6 is 11.3 Å². The van der Waals surface area contributed by atoms with Gasteiger partial charge in [0.2, 0.25) is 0 Å². The van der Waals surface area contributed by atoms with Crippen molar-refractivity contribution < 1.29 is 14.6 Å². The fourth-order valence-corrected chi connectivity index (χ4v) is 6.53. The zero-order chi connectivity index (χ0) is 25.2. The second kappa shape index (κ2) is 10.6. The van der Waals surface area contributed by atoms with E-state index in [4.69, 9.17) is 9.72 Å². The normalized spacial score (nSPS) is 19.9.